The Bertz CT molecular complexity index is 1030. The number of carbonyl (C=O) groups is 2. The predicted molar refractivity (Wildman–Crippen MR) is 85.9 cm³/mol. The van der Waals surface area contributed by atoms with Gasteiger partial charge in [-0.15, -0.1) is 21.1 Å². The van der Waals surface area contributed by atoms with Crippen LogP contribution < -0.4 is 15.1 Å². The number of aromatic nitrogens is 3. The lowest BCUT2D eigenvalue weighted by Crippen LogP contribution is -2.40. The van der Waals surface area contributed by atoms with Gasteiger partial charge in [-0.1, -0.05) is 0 Å². The molecule has 2 N–H and O–H groups in total. The van der Waals surface area contributed by atoms with E-state index >= 15 is 0 Å². The number of ether oxygens (including phenoxy) is 1. The van der Waals surface area contributed by atoms with Gasteiger partial charge in [0.15, 0.2) is 0 Å². The number of sulfonamides is 1. The lowest BCUT2D eigenvalue weighted by molar-refractivity contribution is 0.0692. The molecule has 2 aromatic rings. The van der Waals surface area contributed by atoms with E-state index in [9.17, 15) is 27.9 Å². The summed E-state index contributed by atoms with van der Waals surface area (Å²) in [5.41, 5.74) is -1.35. The van der Waals surface area contributed by atoms with Crippen molar-refractivity contribution >= 4 is 33.4 Å². The van der Waals surface area contributed by atoms with Gasteiger partial charge in [0.1, 0.15) is 4.90 Å². The monoisotopic (exact) mass is 390 g/mol. The summed E-state index contributed by atoms with van der Waals surface area (Å²) in [6.45, 7) is 2.87. The summed E-state index contributed by atoms with van der Waals surface area (Å²) < 4.78 is 32.5. The number of hydrogen-bond acceptors (Lipinski definition) is 8. The van der Waals surface area contributed by atoms with Crippen LogP contribution in [-0.4, -0.2) is 47.0 Å². The number of amides is 1. The van der Waals surface area contributed by atoms with Crippen molar-refractivity contribution in [1.29, 1.82) is 0 Å². The van der Waals surface area contributed by atoms with E-state index in [1.54, 1.807) is 4.72 Å². The van der Waals surface area contributed by atoms with Gasteiger partial charge < -0.3 is 9.84 Å². The minimum atomic E-state index is -4.54. The van der Waals surface area contributed by atoms with Gasteiger partial charge >= 0.3 is 23.7 Å². The zero-order chi connectivity index (χ0) is 19.1. The Morgan fingerprint density at radius 3 is 2.36 bits per heavy atom. The average Bonchev–Trinajstić information content (AvgIpc) is 2.96. The van der Waals surface area contributed by atoms with Crippen LogP contribution in [0.4, 0.5) is 4.79 Å². The van der Waals surface area contributed by atoms with Crippen LogP contribution in [0.15, 0.2) is 9.69 Å². The molecule has 1 amide bonds. The molecule has 0 unspecified atom stereocenters. The standard InChI is InChI=1S/C12H14N4O7S2/c1-5-7(9(17)18)8(6(2)24-5)25(21,22)14-10(19)16-12(20)15(3)11(13-16)23-4/h1-4H3,(H,14,19)(H,17,18). The fourth-order valence-electron chi connectivity index (χ4n) is 2.17. The van der Waals surface area contributed by atoms with Crippen molar-refractivity contribution in [3.8, 4) is 6.01 Å². The lowest BCUT2D eigenvalue weighted by atomic mass is 10.2. The van der Waals surface area contributed by atoms with E-state index in [0.717, 1.165) is 15.9 Å². The smallest absolute Gasteiger partial charge is 0.360 e. The first-order valence-corrected chi connectivity index (χ1v) is 8.91. The van der Waals surface area contributed by atoms with Gasteiger partial charge in [-0.05, 0) is 13.8 Å². The Labute approximate surface area is 145 Å². The number of rotatable bonds is 4. The first kappa shape index (κ1) is 18.7. The van der Waals surface area contributed by atoms with Gasteiger partial charge in [0.2, 0.25) is 0 Å². The van der Waals surface area contributed by atoms with E-state index in [-0.39, 0.29) is 20.4 Å². The van der Waals surface area contributed by atoms with Crippen LogP contribution in [-0.2, 0) is 17.1 Å². The van der Waals surface area contributed by atoms with Crippen LogP contribution in [0.3, 0.4) is 0 Å². The Kier molecular flexibility index (Phi) is 4.72. The molecule has 25 heavy (non-hydrogen) atoms. The van der Waals surface area contributed by atoms with Gasteiger partial charge in [0.05, 0.1) is 12.7 Å². The molecule has 0 aromatic carbocycles. The van der Waals surface area contributed by atoms with E-state index in [2.05, 4.69) is 5.10 Å². The molecule has 0 atom stereocenters. The predicted octanol–water partition coefficient (Wildman–Crippen LogP) is -0.0865. The molecule has 2 heterocycles. The molecule has 0 saturated heterocycles. The number of methoxy groups -OCH3 is 1. The van der Waals surface area contributed by atoms with E-state index < -0.39 is 38.2 Å². The molecular formula is C12H14N4O7S2. The minimum absolute atomic E-state index is 0.196. The highest BCUT2D eigenvalue weighted by atomic mass is 32.2. The Hall–Kier alpha value is -2.67. The van der Waals surface area contributed by atoms with E-state index in [1.807, 2.05) is 0 Å². The highest BCUT2D eigenvalue weighted by molar-refractivity contribution is 7.90. The normalized spacial score (nSPS) is 11.4. The number of carboxylic acids is 1. The quantitative estimate of drug-likeness (QED) is 0.735. The molecule has 2 rings (SSSR count). The second kappa shape index (κ2) is 6.33. The molecule has 0 spiro atoms. The van der Waals surface area contributed by atoms with Gasteiger partial charge in [-0.2, -0.15) is 0 Å². The van der Waals surface area contributed by atoms with Crippen molar-refractivity contribution in [2.45, 2.75) is 18.7 Å². The fraction of sp³-hybridized carbons (Fsp3) is 0.333. The summed E-state index contributed by atoms with van der Waals surface area (Å²) in [7, 11) is -2.04. The first-order chi connectivity index (χ1) is 11.5. The Morgan fingerprint density at radius 1 is 1.28 bits per heavy atom. The van der Waals surface area contributed by atoms with Gasteiger partial charge in [0.25, 0.3) is 10.0 Å². The molecule has 136 valence electrons. The summed E-state index contributed by atoms with van der Waals surface area (Å²) in [6.07, 6.45) is 0. The number of nitrogens with one attached hydrogen (secondary N) is 1. The molecule has 0 fully saturated rings. The number of nitrogens with zero attached hydrogens (tertiary/aromatic N) is 3. The number of carboxylic acid groups (broad SMARTS) is 1. The zero-order valence-electron chi connectivity index (χ0n) is 13.6. The first-order valence-electron chi connectivity index (χ1n) is 6.61. The fourth-order valence-corrected chi connectivity index (χ4v) is 4.94. The third kappa shape index (κ3) is 3.15. The number of aromatic carboxylic acids is 1. The number of hydrogen-bond donors (Lipinski definition) is 2. The summed E-state index contributed by atoms with van der Waals surface area (Å²) in [4.78, 5) is 35.3. The van der Waals surface area contributed by atoms with Crippen LogP contribution in [0.2, 0.25) is 0 Å². The number of aryl methyl sites for hydroxylation is 2. The minimum Gasteiger partial charge on any atom is -0.478 e. The van der Waals surface area contributed by atoms with Crippen molar-refractivity contribution in [2.75, 3.05) is 7.11 Å². The SMILES string of the molecule is COc1nn(C(=O)NS(=O)(=O)c2c(C)sc(C)c2C(=O)O)c(=O)n1C. The Balaban J connectivity index is 2.49. The summed E-state index contributed by atoms with van der Waals surface area (Å²) >= 11 is 0.968. The van der Waals surface area contributed by atoms with E-state index in [4.69, 9.17) is 4.74 Å². The highest BCUT2D eigenvalue weighted by Gasteiger charge is 2.31. The second-order valence-electron chi connectivity index (χ2n) is 4.87. The largest absolute Gasteiger partial charge is 0.478 e. The maximum absolute atomic E-state index is 12.5. The lowest BCUT2D eigenvalue weighted by Gasteiger charge is -2.07. The van der Waals surface area contributed by atoms with Crippen LogP contribution in [0, 0.1) is 13.8 Å². The maximum atomic E-state index is 12.5. The third-order valence-corrected chi connectivity index (χ3v) is 5.87. The van der Waals surface area contributed by atoms with Crippen LogP contribution in [0.5, 0.6) is 6.01 Å². The van der Waals surface area contributed by atoms with Crippen molar-refractivity contribution in [2.24, 2.45) is 7.05 Å². The topological polar surface area (TPSA) is 150 Å². The summed E-state index contributed by atoms with van der Waals surface area (Å²) in [5.74, 6) is -1.44. The molecule has 0 aliphatic rings. The molecule has 0 bridgehead atoms. The molecule has 11 nitrogen and oxygen atoms in total. The van der Waals surface area contributed by atoms with Crippen molar-refractivity contribution in [1.82, 2.24) is 19.1 Å². The third-order valence-electron chi connectivity index (χ3n) is 3.22. The molecular weight excluding hydrogens is 376 g/mol. The van der Waals surface area contributed by atoms with Gasteiger partial charge in [-0.25, -0.2) is 32.1 Å². The highest BCUT2D eigenvalue weighted by Crippen LogP contribution is 2.31. The van der Waals surface area contributed by atoms with Gasteiger partial charge in [-0.3, -0.25) is 0 Å². The van der Waals surface area contributed by atoms with Crippen molar-refractivity contribution < 1.29 is 27.9 Å². The molecule has 0 saturated carbocycles. The van der Waals surface area contributed by atoms with Crippen LogP contribution in [0.1, 0.15) is 20.1 Å². The van der Waals surface area contributed by atoms with Crippen LogP contribution >= 0.6 is 11.3 Å². The molecule has 13 heteroatoms. The molecule has 0 radical (unpaired) electrons. The summed E-state index contributed by atoms with van der Waals surface area (Å²) in [5, 5.41) is 12.8. The van der Waals surface area contributed by atoms with Gasteiger partial charge in [0, 0.05) is 16.8 Å². The van der Waals surface area contributed by atoms with Crippen LogP contribution in [0.25, 0.3) is 0 Å². The average molecular weight is 390 g/mol. The van der Waals surface area contributed by atoms with E-state index in [0.29, 0.717) is 0 Å². The number of carbonyl (C=O) groups excluding carboxylic acids is 1. The number of thiophene rings is 1. The van der Waals surface area contributed by atoms with Crippen molar-refractivity contribution in [3.63, 3.8) is 0 Å². The maximum Gasteiger partial charge on any atom is 0.360 e. The second-order valence-corrected chi connectivity index (χ2v) is 7.92. The Morgan fingerprint density at radius 2 is 1.88 bits per heavy atom. The molecule has 0 aliphatic carbocycles. The molecule has 0 aliphatic heterocycles. The molecule has 2 aromatic heterocycles. The summed E-state index contributed by atoms with van der Waals surface area (Å²) in [6, 6.07) is -1.56. The van der Waals surface area contributed by atoms with E-state index in [1.165, 1.54) is 28.0 Å². The zero-order valence-corrected chi connectivity index (χ0v) is 15.2. The van der Waals surface area contributed by atoms with Crippen molar-refractivity contribution in [3.05, 3.63) is 25.8 Å².